The summed E-state index contributed by atoms with van der Waals surface area (Å²) >= 11 is 9.83. The van der Waals surface area contributed by atoms with Gasteiger partial charge in [-0.05, 0) is 11.4 Å². The molecule has 1 atom stereocenters. The molecule has 12 heavy (non-hydrogen) atoms. The highest BCUT2D eigenvalue weighted by Crippen LogP contribution is 2.43. The van der Waals surface area contributed by atoms with Gasteiger partial charge in [0.05, 0.1) is 5.02 Å². The third kappa shape index (κ3) is 2.18. The molecule has 1 unspecified atom stereocenters. The van der Waals surface area contributed by atoms with Crippen molar-refractivity contribution in [1.82, 2.24) is 0 Å². The smallest absolute Gasteiger partial charge is 0.206 e. The van der Waals surface area contributed by atoms with E-state index in [0.29, 0.717) is 9.90 Å². The third-order valence-corrected chi connectivity index (χ3v) is 4.31. The maximum atomic E-state index is 12.8. The number of alkyl halides is 3. The second kappa shape index (κ2) is 3.60. The zero-order chi connectivity index (χ0) is 9.35. The van der Waals surface area contributed by atoms with Crippen LogP contribution in [0.1, 0.15) is 16.6 Å². The van der Waals surface area contributed by atoms with Crippen molar-refractivity contribution in [3.05, 3.63) is 21.3 Å². The van der Waals surface area contributed by atoms with E-state index in [2.05, 4.69) is 15.9 Å². The Morgan fingerprint density at radius 2 is 2.25 bits per heavy atom. The Kier molecular flexibility index (Phi) is 3.12. The molecule has 0 amide bonds. The van der Waals surface area contributed by atoms with E-state index in [0.717, 1.165) is 6.92 Å². The average molecular weight is 276 g/mol. The van der Waals surface area contributed by atoms with Crippen molar-refractivity contribution in [2.75, 3.05) is 0 Å². The molecule has 0 spiro atoms. The van der Waals surface area contributed by atoms with Crippen molar-refractivity contribution in [3.8, 4) is 0 Å². The maximum Gasteiger partial charge on any atom is 0.262 e. The largest absolute Gasteiger partial charge is 0.262 e. The fourth-order valence-corrected chi connectivity index (χ4v) is 2.66. The molecule has 0 fully saturated rings. The lowest BCUT2D eigenvalue weighted by atomic mass is 10.2. The van der Waals surface area contributed by atoms with E-state index in [-0.39, 0.29) is 0 Å². The highest BCUT2D eigenvalue weighted by atomic mass is 79.9. The predicted octanol–water partition coefficient (Wildman–Crippen LogP) is 4.49. The molecule has 0 radical (unpaired) electrons. The quantitative estimate of drug-likeness (QED) is 0.698. The highest BCUT2D eigenvalue weighted by molar-refractivity contribution is 9.09. The number of halogens is 4. The lowest BCUT2D eigenvalue weighted by Crippen LogP contribution is -2.16. The van der Waals surface area contributed by atoms with Crippen LogP contribution in [0, 0.1) is 0 Å². The fourth-order valence-electron chi connectivity index (χ4n) is 0.716. The molecule has 1 rings (SSSR count). The maximum absolute atomic E-state index is 12.8. The topological polar surface area (TPSA) is 0 Å². The zero-order valence-electron chi connectivity index (χ0n) is 6.15. The zero-order valence-corrected chi connectivity index (χ0v) is 9.31. The summed E-state index contributed by atoms with van der Waals surface area (Å²) in [5.41, 5.74) is 0. The van der Waals surface area contributed by atoms with Crippen molar-refractivity contribution < 1.29 is 8.78 Å². The molecule has 0 aromatic carbocycles. The number of hydrogen-bond acceptors (Lipinski definition) is 1. The highest BCUT2D eigenvalue weighted by Gasteiger charge is 2.35. The van der Waals surface area contributed by atoms with Crippen LogP contribution in [0.15, 0.2) is 11.4 Å². The molecule has 0 bridgehead atoms. The molecule has 0 saturated carbocycles. The molecule has 0 N–H and O–H groups in total. The van der Waals surface area contributed by atoms with Gasteiger partial charge in [-0.1, -0.05) is 27.5 Å². The van der Waals surface area contributed by atoms with E-state index in [4.69, 9.17) is 11.6 Å². The van der Waals surface area contributed by atoms with E-state index >= 15 is 0 Å². The minimum absolute atomic E-state index is 0.392. The van der Waals surface area contributed by atoms with Crippen molar-refractivity contribution in [2.45, 2.75) is 17.7 Å². The van der Waals surface area contributed by atoms with Crippen LogP contribution in [0.2, 0.25) is 5.02 Å². The van der Waals surface area contributed by atoms with Crippen LogP contribution in [0.25, 0.3) is 0 Å². The summed E-state index contributed by atoms with van der Waals surface area (Å²) in [4.78, 5) is -0.512. The first-order valence-corrected chi connectivity index (χ1v) is 5.35. The van der Waals surface area contributed by atoms with Gasteiger partial charge in [0.15, 0.2) is 0 Å². The summed E-state index contributed by atoms with van der Waals surface area (Å²) in [6, 6.07) is 1.61. The minimum atomic E-state index is -2.78. The molecule has 0 saturated heterocycles. The van der Waals surface area contributed by atoms with Gasteiger partial charge in [0.25, 0.3) is 5.92 Å². The summed E-state index contributed by atoms with van der Waals surface area (Å²) < 4.78 is 25.5. The summed E-state index contributed by atoms with van der Waals surface area (Å²) in [5.74, 6) is -2.78. The molecule has 0 nitrogen and oxygen atoms in total. The van der Waals surface area contributed by atoms with Gasteiger partial charge < -0.3 is 0 Å². The Morgan fingerprint density at radius 1 is 1.67 bits per heavy atom. The van der Waals surface area contributed by atoms with Crippen molar-refractivity contribution >= 4 is 38.9 Å². The van der Waals surface area contributed by atoms with E-state index in [9.17, 15) is 8.78 Å². The molecule has 0 aliphatic heterocycles. The van der Waals surface area contributed by atoms with Crippen LogP contribution in [0.4, 0.5) is 8.78 Å². The van der Waals surface area contributed by atoms with Crippen LogP contribution >= 0.6 is 38.9 Å². The lowest BCUT2D eigenvalue weighted by Gasteiger charge is -2.16. The molecule has 1 aromatic heterocycles. The third-order valence-electron chi connectivity index (χ3n) is 1.32. The van der Waals surface area contributed by atoms with Crippen molar-refractivity contribution in [3.63, 3.8) is 0 Å². The predicted molar refractivity (Wildman–Crippen MR) is 51.6 cm³/mol. The Hall–Kier alpha value is 0.330. The number of rotatable bonds is 2. The minimum Gasteiger partial charge on any atom is -0.206 e. The van der Waals surface area contributed by atoms with Gasteiger partial charge in [0.2, 0.25) is 0 Å². The first-order chi connectivity index (χ1) is 5.43. The van der Waals surface area contributed by atoms with Gasteiger partial charge in [-0.25, -0.2) is 8.78 Å². The van der Waals surface area contributed by atoms with Gasteiger partial charge >= 0.3 is 0 Å². The van der Waals surface area contributed by atoms with Crippen LogP contribution in [0.5, 0.6) is 0 Å². The Morgan fingerprint density at radius 3 is 2.58 bits per heavy atom. The molecule has 1 aromatic rings. The van der Waals surface area contributed by atoms with Gasteiger partial charge in [0.1, 0.15) is 4.83 Å². The van der Waals surface area contributed by atoms with Gasteiger partial charge in [0, 0.05) is 11.8 Å². The van der Waals surface area contributed by atoms with Crippen LogP contribution < -0.4 is 0 Å². The Bertz CT molecular complexity index is 269. The van der Waals surface area contributed by atoms with Crippen LogP contribution in [-0.2, 0) is 0 Å². The van der Waals surface area contributed by atoms with Crippen molar-refractivity contribution in [1.29, 1.82) is 0 Å². The standard InChI is InChI=1S/C7H6BrClF2S/c1-7(10,11)6(8)5-4(9)2-3-12-5/h2-3,6H,1H3. The van der Waals surface area contributed by atoms with E-state index in [1.54, 1.807) is 11.4 Å². The normalized spacial score (nSPS) is 14.8. The first kappa shape index (κ1) is 10.4. The monoisotopic (exact) mass is 274 g/mol. The Balaban J connectivity index is 2.92. The van der Waals surface area contributed by atoms with Gasteiger partial charge in [-0.15, -0.1) is 11.3 Å². The van der Waals surface area contributed by atoms with Crippen molar-refractivity contribution in [2.24, 2.45) is 0 Å². The molecule has 1 heterocycles. The summed E-state index contributed by atoms with van der Waals surface area (Å²) in [5, 5.41) is 2.08. The molecular formula is C7H6BrClF2S. The average Bonchev–Trinajstić information content (AvgIpc) is 2.31. The number of thiophene rings is 1. The summed E-state index contributed by atoms with van der Waals surface area (Å²) in [7, 11) is 0. The molecule has 68 valence electrons. The second-order valence-electron chi connectivity index (χ2n) is 2.45. The Labute approximate surface area is 86.7 Å². The van der Waals surface area contributed by atoms with E-state index < -0.39 is 10.7 Å². The van der Waals surface area contributed by atoms with E-state index in [1.165, 1.54) is 11.3 Å². The van der Waals surface area contributed by atoms with Gasteiger partial charge in [-0.3, -0.25) is 0 Å². The molecule has 0 aliphatic carbocycles. The fraction of sp³-hybridized carbons (Fsp3) is 0.429. The molecule has 0 aliphatic rings. The van der Waals surface area contributed by atoms with Gasteiger partial charge in [-0.2, -0.15) is 0 Å². The SMILES string of the molecule is CC(F)(F)C(Br)c1sccc1Cl. The molecule has 5 heteroatoms. The summed E-state index contributed by atoms with van der Waals surface area (Å²) in [6.45, 7) is 0.864. The van der Waals surface area contributed by atoms with E-state index in [1.807, 2.05) is 0 Å². The summed E-state index contributed by atoms with van der Waals surface area (Å²) in [6.07, 6.45) is 0. The number of hydrogen-bond donors (Lipinski definition) is 0. The molecular weight excluding hydrogens is 269 g/mol. The first-order valence-electron chi connectivity index (χ1n) is 3.17. The lowest BCUT2D eigenvalue weighted by molar-refractivity contribution is 0.0221. The van der Waals surface area contributed by atoms with Crippen LogP contribution in [-0.4, -0.2) is 5.92 Å². The van der Waals surface area contributed by atoms with Crippen LogP contribution in [0.3, 0.4) is 0 Å². The second-order valence-corrected chi connectivity index (χ2v) is 4.72.